The summed E-state index contributed by atoms with van der Waals surface area (Å²) in [4.78, 5) is 38.4. The molecule has 0 aliphatic rings. The van der Waals surface area contributed by atoms with Crippen molar-refractivity contribution >= 4 is 39.2 Å². The van der Waals surface area contributed by atoms with Crippen LogP contribution in [0.15, 0.2) is 101 Å². The number of hydrogen-bond donors (Lipinski definition) is 2. The van der Waals surface area contributed by atoms with E-state index in [0.29, 0.717) is 55.5 Å². The molecule has 6 aromatic rings. The van der Waals surface area contributed by atoms with Crippen LogP contribution < -0.4 is 21.0 Å². The largest absolute Gasteiger partial charge is 0.457 e. The Balaban J connectivity index is 1.56. The Hall–Kier alpha value is -4.95. The van der Waals surface area contributed by atoms with Crippen molar-refractivity contribution < 1.29 is 4.74 Å². The Morgan fingerprint density at radius 1 is 0.925 bits per heavy atom. The van der Waals surface area contributed by atoms with Gasteiger partial charge in [0.15, 0.2) is 5.43 Å². The highest BCUT2D eigenvalue weighted by atomic mass is 35.5. The van der Waals surface area contributed by atoms with Gasteiger partial charge >= 0.3 is 0 Å². The van der Waals surface area contributed by atoms with Crippen molar-refractivity contribution in [2.24, 2.45) is 0 Å². The number of rotatable bonds is 6. The van der Waals surface area contributed by atoms with Crippen molar-refractivity contribution in [3.8, 4) is 17.2 Å². The summed E-state index contributed by atoms with van der Waals surface area (Å²) in [6.07, 6.45) is 2.91. The number of aromatic nitrogens is 4. The molecule has 0 unspecified atom stereocenters. The van der Waals surface area contributed by atoms with Crippen LogP contribution in [-0.2, 0) is 0 Å². The van der Waals surface area contributed by atoms with Gasteiger partial charge in [-0.15, -0.1) is 0 Å². The van der Waals surface area contributed by atoms with E-state index in [1.54, 1.807) is 16.7 Å². The van der Waals surface area contributed by atoms with E-state index in [1.165, 1.54) is 18.6 Å². The molecule has 8 nitrogen and oxygen atoms in total. The predicted octanol–water partition coefficient (Wildman–Crippen LogP) is 6.55. The molecule has 1 atom stereocenters. The maximum atomic E-state index is 14.3. The summed E-state index contributed by atoms with van der Waals surface area (Å²) in [5, 5.41) is 4.90. The summed E-state index contributed by atoms with van der Waals surface area (Å²) < 4.78 is 7.77. The molecule has 3 aromatic carbocycles. The number of pyridine rings is 2. The molecule has 0 bridgehead atoms. The molecule has 3 aromatic heterocycles. The molecule has 0 saturated heterocycles. The highest BCUT2D eigenvalue weighted by Gasteiger charge is 2.24. The molecule has 0 aliphatic carbocycles. The van der Waals surface area contributed by atoms with Gasteiger partial charge in [0, 0.05) is 23.3 Å². The minimum Gasteiger partial charge on any atom is -0.457 e. The maximum Gasteiger partial charge on any atom is 0.267 e. The fourth-order valence-corrected chi connectivity index (χ4v) is 5.22. The summed E-state index contributed by atoms with van der Waals surface area (Å²) >= 11 is 7.12. The van der Waals surface area contributed by atoms with Gasteiger partial charge in [-0.2, -0.15) is 0 Å². The van der Waals surface area contributed by atoms with Crippen LogP contribution in [-0.4, -0.2) is 19.5 Å². The number of aryl methyl sites for hydroxylation is 1. The third kappa shape index (κ3) is 4.48. The van der Waals surface area contributed by atoms with Crippen molar-refractivity contribution in [2.75, 3.05) is 5.32 Å². The molecule has 0 spiro atoms. The Labute approximate surface area is 233 Å². The highest BCUT2D eigenvalue weighted by Crippen LogP contribution is 2.37. The lowest BCUT2D eigenvalue weighted by Crippen LogP contribution is -2.27. The van der Waals surface area contributed by atoms with Crippen LogP contribution in [0.2, 0.25) is 5.02 Å². The molecule has 6 rings (SSSR count). The topological polar surface area (TPSA) is 102 Å². The zero-order chi connectivity index (χ0) is 27.8. The Morgan fingerprint density at radius 2 is 1.70 bits per heavy atom. The number of H-pyrrole nitrogens is 1. The number of hydrogen-bond acceptors (Lipinski definition) is 6. The van der Waals surface area contributed by atoms with Gasteiger partial charge in [-0.3, -0.25) is 14.2 Å². The van der Waals surface area contributed by atoms with E-state index in [-0.39, 0.29) is 11.0 Å². The number of nitrogens with zero attached hydrogens (tertiary/aromatic N) is 3. The Morgan fingerprint density at radius 3 is 2.48 bits per heavy atom. The number of aromatic amines is 1. The quantitative estimate of drug-likeness (QED) is 0.244. The highest BCUT2D eigenvalue weighted by molar-refractivity contribution is 6.36. The minimum absolute atomic E-state index is 0.230. The molecule has 2 N–H and O–H groups in total. The SMILES string of the molecule is Cc1ccc(Oc2cccc3c(Cl)c([C@H](C)Nc4ncnc5[nH]ccc(=O)c45)n(-c4ccccc4)c(=O)c23)cc1. The molecule has 0 radical (unpaired) electrons. The standard InChI is InChI=1S/C31H24ClN5O3/c1-18-11-13-21(14-12-18)40-24-10-6-9-22-25(24)31(39)37(20-7-4-3-5-8-20)28(27(22)32)19(2)36-30-26-23(38)15-16-33-29(26)34-17-35-30/h3-17,19H,1-2H3,(H2,33,34,35,36,38)/t19-/m0/s1. The smallest absolute Gasteiger partial charge is 0.267 e. The van der Waals surface area contributed by atoms with Gasteiger partial charge in [-0.05, 0) is 44.2 Å². The summed E-state index contributed by atoms with van der Waals surface area (Å²) in [5.74, 6) is 1.34. The lowest BCUT2D eigenvalue weighted by Gasteiger charge is -2.24. The average Bonchev–Trinajstić information content (AvgIpc) is 2.96. The molecule has 0 aliphatic heterocycles. The van der Waals surface area contributed by atoms with Crippen LogP contribution >= 0.6 is 11.6 Å². The number of halogens is 1. The van der Waals surface area contributed by atoms with E-state index < -0.39 is 6.04 Å². The molecule has 0 saturated carbocycles. The first kappa shape index (κ1) is 25.3. The van der Waals surface area contributed by atoms with Gasteiger partial charge in [0.1, 0.15) is 34.7 Å². The number of anilines is 1. The molecule has 0 fully saturated rings. The Bertz CT molecular complexity index is 1980. The van der Waals surface area contributed by atoms with Gasteiger partial charge in [0.25, 0.3) is 5.56 Å². The van der Waals surface area contributed by atoms with E-state index in [0.717, 1.165) is 5.56 Å². The zero-order valence-electron chi connectivity index (χ0n) is 21.7. The van der Waals surface area contributed by atoms with Gasteiger partial charge in [-0.25, -0.2) is 9.97 Å². The fourth-order valence-electron chi connectivity index (χ4n) is 4.82. The van der Waals surface area contributed by atoms with Gasteiger partial charge < -0.3 is 15.0 Å². The van der Waals surface area contributed by atoms with Crippen LogP contribution in [0.1, 0.15) is 24.2 Å². The number of benzene rings is 3. The van der Waals surface area contributed by atoms with Crippen molar-refractivity contribution in [1.82, 2.24) is 19.5 Å². The van der Waals surface area contributed by atoms with E-state index in [2.05, 4.69) is 20.3 Å². The van der Waals surface area contributed by atoms with Gasteiger partial charge in [0.2, 0.25) is 0 Å². The lowest BCUT2D eigenvalue weighted by molar-refractivity contribution is 0.487. The monoisotopic (exact) mass is 549 g/mol. The van der Waals surface area contributed by atoms with E-state index in [4.69, 9.17) is 16.3 Å². The predicted molar refractivity (Wildman–Crippen MR) is 158 cm³/mol. The zero-order valence-corrected chi connectivity index (χ0v) is 22.4. The molecule has 9 heteroatoms. The van der Waals surface area contributed by atoms with Crippen LogP contribution in [0.3, 0.4) is 0 Å². The van der Waals surface area contributed by atoms with Crippen LogP contribution in [0, 0.1) is 6.92 Å². The molecule has 198 valence electrons. The second-order valence-corrected chi connectivity index (χ2v) is 9.80. The fraction of sp³-hybridized carbons (Fsp3) is 0.0968. The van der Waals surface area contributed by atoms with Gasteiger partial charge in [0.05, 0.1) is 22.1 Å². The lowest BCUT2D eigenvalue weighted by atomic mass is 10.1. The van der Waals surface area contributed by atoms with Crippen molar-refractivity contribution in [3.05, 3.63) is 128 Å². The average molecular weight is 550 g/mol. The summed E-state index contributed by atoms with van der Waals surface area (Å²) in [6.45, 7) is 3.86. The number of fused-ring (bicyclic) bond motifs is 2. The molecular weight excluding hydrogens is 526 g/mol. The number of ether oxygens (including phenoxy) is 1. The molecular formula is C31H24ClN5O3. The van der Waals surface area contributed by atoms with E-state index in [9.17, 15) is 9.59 Å². The third-order valence-corrected chi connectivity index (χ3v) is 7.12. The van der Waals surface area contributed by atoms with E-state index in [1.807, 2.05) is 74.5 Å². The second-order valence-electron chi connectivity index (χ2n) is 9.42. The first-order valence-corrected chi connectivity index (χ1v) is 13.1. The second kappa shape index (κ2) is 10.3. The summed E-state index contributed by atoms with van der Waals surface area (Å²) in [7, 11) is 0. The van der Waals surface area contributed by atoms with Crippen molar-refractivity contribution in [1.29, 1.82) is 0 Å². The molecule has 40 heavy (non-hydrogen) atoms. The maximum absolute atomic E-state index is 14.3. The third-order valence-electron chi connectivity index (χ3n) is 6.72. The first-order valence-electron chi connectivity index (χ1n) is 12.7. The number of nitrogens with one attached hydrogen (secondary N) is 2. The van der Waals surface area contributed by atoms with Crippen LogP contribution in [0.5, 0.6) is 11.5 Å². The normalized spacial score (nSPS) is 12.0. The molecule has 3 heterocycles. The Kier molecular flexibility index (Phi) is 6.53. The van der Waals surface area contributed by atoms with Crippen molar-refractivity contribution in [3.63, 3.8) is 0 Å². The van der Waals surface area contributed by atoms with Gasteiger partial charge in [-0.1, -0.05) is 59.6 Å². The number of para-hydroxylation sites is 1. The first-order chi connectivity index (χ1) is 19.4. The van der Waals surface area contributed by atoms with Crippen molar-refractivity contribution in [2.45, 2.75) is 19.9 Å². The summed E-state index contributed by atoms with van der Waals surface area (Å²) in [5.41, 5.74) is 2.13. The van der Waals surface area contributed by atoms with Crippen LogP contribution in [0.4, 0.5) is 5.82 Å². The van der Waals surface area contributed by atoms with Crippen LogP contribution in [0.25, 0.3) is 27.5 Å². The summed E-state index contributed by atoms with van der Waals surface area (Å²) in [6, 6.07) is 23.1. The molecule has 0 amide bonds. The van der Waals surface area contributed by atoms with E-state index >= 15 is 0 Å². The minimum atomic E-state index is -0.538.